The number of aromatic nitrogens is 3. The van der Waals surface area contributed by atoms with Crippen molar-refractivity contribution in [2.24, 2.45) is 0 Å². The first-order valence-electron chi connectivity index (χ1n) is 10.1. The van der Waals surface area contributed by atoms with Gasteiger partial charge >= 0.3 is 0 Å². The molecular formula is C24H22F2N6. The molecule has 0 bridgehead atoms. The molecule has 0 spiro atoms. The number of nitriles is 1. The number of pyridine rings is 1. The molecule has 6 nitrogen and oxygen atoms in total. The fourth-order valence-electron chi connectivity index (χ4n) is 3.58. The molecule has 0 saturated heterocycles. The highest BCUT2D eigenvalue weighted by Gasteiger charge is 2.23. The van der Waals surface area contributed by atoms with E-state index in [1.807, 2.05) is 55.4 Å². The lowest BCUT2D eigenvalue weighted by molar-refractivity contribution is 0.153. The summed E-state index contributed by atoms with van der Waals surface area (Å²) in [5, 5.41) is 14.3. The largest absolute Gasteiger partial charge is 0.398 e. The second-order valence-corrected chi connectivity index (χ2v) is 7.75. The van der Waals surface area contributed by atoms with Crippen LogP contribution >= 0.6 is 0 Å². The van der Waals surface area contributed by atoms with E-state index in [1.54, 1.807) is 22.9 Å². The van der Waals surface area contributed by atoms with Crippen molar-refractivity contribution in [1.82, 2.24) is 19.7 Å². The van der Waals surface area contributed by atoms with Gasteiger partial charge in [-0.05, 0) is 32.3 Å². The molecule has 2 N–H and O–H groups in total. The smallest absolute Gasteiger partial charge is 0.264 e. The molecule has 0 saturated carbocycles. The molecule has 0 aliphatic carbocycles. The predicted molar refractivity (Wildman–Crippen MR) is 121 cm³/mol. The Morgan fingerprint density at radius 1 is 1.09 bits per heavy atom. The van der Waals surface area contributed by atoms with Crippen molar-refractivity contribution in [3.8, 4) is 28.6 Å². The maximum absolute atomic E-state index is 14.3. The van der Waals surface area contributed by atoms with Crippen LogP contribution in [0, 0.1) is 11.3 Å². The first-order chi connectivity index (χ1) is 15.4. The average Bonchev–Trinajstić information content (AvgIpc) is 3.16. The Hall–Kier alpha value is -3.83. The molecule has 8 heteroatoms. The van der Waals surface area contributed by atoms with E-state index in [1.165, 1.54) is 6.07 Å². The van der Waals surface area contributed by atoms with E-state index in [0.717, 1.165) is 5.56 Å². The number of hydrogen-bond donors (Lipinski definition) is 1. The van der Waals surface area contributed by atoms with Gasteiger partial charge in [-0.15, -0.1) is 0 Å². The molecule has 0 atom stereocenters. The van der Waals surface area contributed by atoms with Gasteiger partial charge in [0.2, 0.25) is 0 Å². The predicted octanol–water partition coefficient (Wildman–Crippen LogP) is 4.72. The van der Waals surface area contributed by atoms with E-state index in [0.29, 0.717) is 46.8 Å². The van der Waals surface area contributed by atoms with Crippen LogP contribution < -0.4 is 5.73 Å². The van der Waals surface area contributed by atoms with Crippen molar-refractivity contribution >= 4 is 16.7 Å². The summed E-state index contributed by atoms with van der Waals surface area (Å²) in [5.41, 5.74) is 8.77. The quantitative estimate of drug-likeness (QED) is 0.446. The maximum Gasteiger partial charge on any atom is 0.264 e. The number of alkyl halides is 2. The first kappa shape index (κ1) is 21.4. The molecule has 0 aliphatic rings. The lowest BCUT2D eigenvalue weighted by Gasteiger charge is -2.11. The summed E-state index contributed by atoms with van der Waals surface area (Å²) in [6.45, 7) is 1.15. The number of benzene rings is 2. The minimum Gasteiger partial charge on any atom is -0.398 e. The van der Waals surface area contributed by atoms with Crippen molar-refractivity contribution in [3.05, 3.63) is 65.7 Å². The van der Waals surface area contributed by atoms with Crippen LogP contribution in [0.1, 0.15) is 17.6 Å². The monoisotopic (exact) mass is 432 g/mol. The van der Waals surface area contributed by atoms with Crippen LogP contribution in [0.4, 0.5) is 14.5 Å². The van der Waals surface area contributed by atoms with E-state index in [4.69, 9.17) is 10.7 Å². The third kappa shape index (κ3) is 4.03. The topological polar surface area (TPSA) is 83.8 Å². The molecule has 0 amide bonds. The molecular weight excluding hydrogens is 410 g/mol. The number of fused-ring (bicyclic) bond motifs is 1. The van der Waals surface area contributed by atoms with Crippen LogP contribution in [0.3, 0.4) is 0 Å². The molecule has 2 aromatic heterocycles. The van der Waals surface area contributed by atoms with Gasteiger partial charge in [-0.1, -0.05) is 36.4 Å². The summed E-state index contributed by atoms with van der Waals surface area (Å²) in [4.78, 5) is 6.71. The normalized spacial score (nSPS) is 11.4. The van der Waals surface area contributed by atoms with Gasteiger partial charge in [0.25, 0.3) is 6.43 Å². The molecule has 2 aromatic carbocycles. The van der Waals surface area contributed by atoms with Crippen LogP contribution in [0.5, 0.6) is 0 Å². The zero-order chi connectivity index (χ0) is 22.8. The van der Waals surface area contributed by atoms with Gasteiger partial charge in [0, 0.05) is 28.9 Å². The zero-order valence-electron chi connectivity index (χ0n) is 17.8. The molecule has 0 unspecified atom stereocenters. The average molecular weight is 432 g/mol. The number of likely N-dealkylation sites (N-methyl/N-ethyl adjacent to an activating group) is 1. The van der Waals surface area contributed by atoms with E-state index in [2.05, 4.69) is 5.10 Å². The van der Waals surface area contributed by atoms with E-state index >= 15 is 0 Å². The third-order valence-electron chi connectivity index (χ3n) is 5.24. The summed E-state index contributed by atoms with van der Waals surface area (Å²) in [5.74, 6) is 0. The number of hydrogen-bond acceptors (Lipinski definition) is 5. The van der Waals surface area contributed by atoms with Crippen molar-refractivity contribution in [1.29, 1.82) is 5.26 Å². The summed E-state index contributed by atoms with van der Waals surface area (Å²) in [6, 6.07) is 17.5. The fraction of sp³-hybridized carbons (Fsp3) is 0.208. The Morgan fingerprint density at radius 2 is 1.84 bits per heavy atom. The van der Waals surface area contributed by atoms with Gasteiger partial charge in [0.1, 0.15) is 11.8 Å². The lowest BCUT2D eigenvalue weighted by atomic mass is 10.0. The second-order valence-electron chi connectivity index (χ2n) is 7.75. The van der Waals surface area contributed by atoms with Crippen LogP contribution in [-0.4, -0.2) is 40.3 Å². The van der Waals surface area contributed by atoms with Crippen molar-refractivity contribution in [2.75, 3.05) is 26.4 Å². The zero-order valence-corrected chi connectivity index (χ0v) is 17.8. The van der Waals surface area contributed by atoms with Gasteiger partial charge in [0.05, 0.1) is 23.2 Å². The van der Waals surface area contributed by atoms with Gasteiger partial charge in [-0.25, -0.2) is 18.4 Å². The second kappa shape index (κ2) is 8.73. The van der Waals surface area contributed by atoms with Gasteiger partial charge in [0.15, 0.2) is 5.65 Å². The van der Waals surface area contributed by atoms with Crippen molar-refractivity contribution in [2.45, 2.75) is 13.0 Å². The molecule has 32 heavy (non-hydrogen) atoms. The minimum absolute atomic E-state index is 0.143. The Balaban J connectivity index is 2.00. The van der Waals surface area contributed by atoms with Crippen molar-refractivity contribution in [3.63, 3.8) is 0 Å². The Bertz CT molecular complexity index is 1310. The molecule has 0 fully saturated rings. The van der Waals surface area contributed by atoms with Gasteiger partial charge in [-0.2, -0.15) is 10.4 Å². The molecule has 0 radical (unpaired) electrons. The summed E-state index contributed by atoms with van der Waals surface area (Å²) < 4.78 is 30.2. The maximum atomic E-state index is 14.3. The molecule has 4 aromatic rings. The molecule has 162 valence electrons. The summed E-state index contributed by atoms with van der Waals surface area (Å²) in [6.07, 6.45) is -2.72. The standard InChI is InChI=1S/C24H22F2N6/c1-31(2)10-11-32-24-21(22(30-32)15-6-4-3-5-7-15)18(23(25)26)13-20(29-24)16-8-9-19(28)17(12-16)14-27/h3-9,12-13,23H,10-11,28H2,1-2H3. The summed E-state index contributed by atoms with van der Waals surface area (Å²) >= 11 is 0. The fourth-order valence-corrected chi connectivity index (χ4v) is 3.58. The SMILES string of the molecule is CN(C)CCn1nc(-c2ccccc2)c2c(C(F)F)cc(-c3ccc(N)c(C#N)c3)nc21. The van der Waals surface area contributed by atoms with Crippen LogP contribution in [0.15, 0.2) is 54.6 Å². The number of nitrogens with two attached hydrogens (primary N) is 1. The van der Waals surface area contributed by atoms with E-state index in [9.17, 15) is 14.0 Å². The highest BCUT2D eigenvalue weighted by atomic mass is 19.3. The van der Waals surface area contributed by atoms with Crippen LogP contribution in [0.25, 0.3) is 33.5 Å². The number of anilines is 1. The first-order valence-corrected chi connectivity index (χ1v) is 10.1. The van der Waals surface area contributed by atoms with Crippen LogP contribution in [0.2, 0.25) is 0 Å². The molecule has 0 aliphatic heterocycles. The highest BCUT2D eigenvalue weighted by Crippen LogP contribution is 2.37. The number of halogens is 2. The lowest BCUT2D eigenvalue weighted by Crippen LogP contribution is -2.19. The van der Waals surface area contributed by atoms with E-state index in [-0.39, 0.29) is 11.1 Å². The molecule has 4 rings (SSSR count). The minimum atomic E-state index is -2.72. The molecule has 2 heterocycles. The Morgan fingerprint density at radius 3 is 2.50 bits per heavy atom. The number of nitrogens with zero attached hydrogens (tertiary/aromatic N) is 5. The van der Waals surface area contributed by atoms with Crippen LogP contribution in [-0.2, 0) is 6.54 Å². The number of rotatable bonds is 6. The van der Waals surface area contributed by atoms with Gasteiger partial charge < -0.3 is 10.6 Å². The number of nitrogen functional groups attached to an aromatic ring is 1. The van der Waals surface area contributed by atoms with Gasteiger partial charge in [-0.3, -0.25) is 0 Å². The Labute approximate surface area is 184 Å². The van der Waals surface area contributed by atoms with E-state index < -0.39 is 6.43 Å². The Kier molecular flexibility index (Phi) is 5.84. The van der Waals surface area contributed by atoms with Crippen molar-refractivity contribution < 1.29 is 8.78 Å². The highest BCUT2D eigenvalue weighted by molar-refractivity contribution is 5.95. The third-order valence-corrected chi connectivity index (χ3v) is 5.24. The summed E-state index contributed by atoms with van der Waals surface area (Å²) in [7, 11) is 3.87.